The largest absolute Gasteiger partial charge is 0.333 e. The summed E-state index contributed by atoms with van der Waals surface area (Å²) >= 11 is 0. The Hall–Kier alpha value is -1.93. The molecule has 1 aliphatic rings. The van der Waals surface area contributed by atoms with Crippen molar-refractivity contribution in [2.24, 2.45) is 0 Å². The number of carbonyl (C=O) groups is 1. The van der Waals surface area contributed by atoms with E-state index in [9.17, 15) is 17.6 Å². The van der Waals surface area contributed by atoms with Crippen LogP contribution in [0.3, 0.4) is 0 Å². The van der Waals surface area contributed by atoms with Crippen molar-refractivity contribution in [3.8, 4) is 0 Å². The first-order valence-corrected chi connectivity index (χ1v) is 11.5. The van der Waals surface area contributed by atoms with Crippen molar-refractivity contribution in [2.75, 3.05) is 18.9 Å². The molecule has 29 heavy (non-hydrogen) atoms. The second kappa shape index (κ2) is 8.83. The number of likely N-dealkylation sites (tertiary alicyclic amines) is 1. The fourth-order valence-corrected chi connectivity index (χ4v) is 4.42. The van der Waals surface area contributed by atoms with Crippen LogP contribution in [0.1, 0.15) is 70.4 Å². The highest BCUT2D eigenvalue weighted by Gasteiger charge is 2.31. The van der Waals surface area contributed by atoms with Crippen molar-refractivity contribution in [3.05, 3.63) is 40.6 Å². The maximum absolute atomic E-state index is 14.0. The highest BCUT2D eigenvalue weighted by molar-refractivity contribution is 7.92. The highest BCUT2D eigenvalue weighted by Crippen LogP contribution is 2.33. The van der Waals surface area contributed by atoms with Gasteiger partial charge in [-0.25, -0.2) is 22.3 Å². The second-order valence-corrected chi connectivity index (χ2v) is 10.1. The Kier molecular flexibility index (Phi) is 7.11. The molecule has 1 aliphatic heterocycles. The Morgan fingerprint density at radius 1 is 1.21 bits per heavy atom. The van der Waals surface area contributed by atoms with Gasteiger partial charge in [-0.1, -0.05) is 33.8 Å². The van der Waals surface area contributed by atoms with Crippen LogP contribution in [-0.2, 0) is 10.0 Å². The number of hydrogen-bond donors (Lipinski definition) is 2. The molecule has 0 aliphatic carbocycles. The standard InChI is InChI=1S/C21H32FN3O3S/c1-14(2)17-12-16(22)13-18(15(3)4)19(17)23-20(26)24-29(27,28)11-9-21(5)8-7-10-25(21)6/h9,11-15H,7-8,10H2,1-6H3,(H2,23,24,26)/b11-9+/t21-/m0/s1. The third kappa shape index (κ3) is 5.79. The number of benzene rings is 1. The summed E-state index contributed by atoms with van der Waals surface area (Å²) in [6.45, 7) is 10.4. The first kappa shape index (κ1) is 23.3. The van der Waals surface area contributed by atoms with Gasteiger partial charge in [-0.2, -0.15) is 0 Å². The molecule has 162 valence electrons. The van der Waals surface area contributed by atoms with Crippen LogP contribution in [0.5, 0.6) is 0 Å². The lowest BCUT2D eigenvalue weighted by atomic mass is 9.92. The van der Waals surface area contributed by atoms with Crippen molar-refractivity contribution in [1.82, 2.24) is 9.62 Å². The molecule has 1 aromatic rings. The van der Waals surface area contributed by atoms with Gasteiger partial charge >= 0.3 is 6.03 Å². The summed E-state index contributed by atoms with van der Waals surface area (Å²) in [5.41, 5.74) is 1.35. The minimum Gasteiger partial charge on any atom is -0.307 e. The van der Waals surface area contributed by atoms with Crippen molar-refractivity contribution in [3.63, 3.8) is 0 Å². The van der Waals surface area contributed by atoms with Crippen LogP contribution in [0.2, 0.25) is 0 Å². The molecule has 0 saturated carbocycles. The number of hydrogen-bond acceptors (Lipinski definition) is 4. The van der Waals surface area contributed by atoms with Crippen LogP contribution in [0.25, 0.3) is 0 Å². The molecule has 1 saturated heterocycles. The van der Waals surface area contributed by atoms with Crippen LogP contribution >= 0.6 is 0 Å². The quantitative estimate of drug-likeness (QED) is 0.702. The molecule has 1 aromatic carbocycles. The molecule has 0 aromatic heterocycles. The van der Waals surface area contributed by atoms with E-state index in [1.165, 1.54) is 12.1 Å². The molecule has 0 unspecified atom stereocenters. The van der Waals surface area contributed by atoms with Crippen LogP contribution < -0.4 is 10.0 Å². The van der Waals surface area contributed by atoms with E-state index in [1.54, 1.807) is 6.08 Å². The summed E-state index contributed by atoms with van der Waals surface area (Å²) in [7, 11) is -2.02. The molecule has 1 atom stereocenters. The Morgan fingerprint density at radius 3 is 2.21 bits per heavy atom. The summed E-state index contributed by atoms with van der Waals surface area (Å²) in [4.78, 5) is 14.5. The predicted octanol–water partition coefficient (Wildman–Crippen LogP) is 4.52. The molecule has 1 heterocycles. The van der Waals surface area contributed by atoms with E-state index >= 15 is 0 Å². The minimum atomic E-state index is -3.97. The lowest BCUT2D eigenvalue weighted by molar-refractivity contribution is 0.251. The second-order valence-electron chi connectivity index (χ2n) is 8.55. The van der Waals surface area contributed by atoms with E-state index in [4.69, 9.17) is 0 Å². The molecule has 1 fully saturated rings. The number of anilines is 1. The lowest BCUT2D eigenvalue weighted by Gasteiger charge is -2.28. The number of amides is 2. The van der Waals surface area contributed by atoms with E-state index in [2.05, 4.69) is 10.2 Å². The monoisotopic (exact) mass is 425 g/mol. The van der Waals surface area contributed by atoms with Gasteiger partial charge in [-0.3, -0.25) is 4.90 Å². The minimum absolute atomic E-state index is 0.0483. The molecule has 0 bridgehead atoms. The third-order valence-corrected chi connectivity index (χ3v) is 6.50. The van der Waals surface area contributed by atoms with Crippen LogP contribution in [0.4, 0.5) is 14.9 Å². The highest BCUT2D eigenvalue weighted by atomic mass is 32.2. The Bertz CT molecular complexity index is 867. The molecule has 8 heteroatoms. The Balaban J connectivity index is 2.22. The zero-order chi connectivity index (χ0) is 22.0. The number of rotatable bonds is 6. The number of nitrogens with zero attached hydrogens (tertiary/aromatic N) is 1. The third-order valence-electron chi connectivity index (χ3n) is 5.54. The summed E-state index contributed by atoms with van der Waals surface area (Å²) in [5.74, 6) is -0.478. The van der Waals surface area contributed by atoms with Crippen molar-refractivity contribution in [1.29, 1.82) is 0 Å². The van der Waals surface area contributed by atoms with Gasteiger partial charge < -0.3 is 5.32 Å². The molecule has 2 rings (SSSR count). The number of nitrogens with one attached hydrogen (secondary N) is 2. The maximum atomic E-state index is 14.0. The summed E-state index contributed by atoms with van der Waals surface area (Å²) in [6.07, 6.45) is 3.46. The SMILES string of the molecule is CC(C)c1cc(F)cc(C(C)C)c1NC(=O)NS(=O)(=O)/C=C/[C@]1(C)CCCN1C. The van der Waals surface area contributed by atoms with Gasteiger partial charge in [-0.15, -0.1) is 0 Å². The molecular weight excluding hydrogens is 393 g/mol. The summed E-state index contributed by atoms with van der Waals surface area (Å²) < 4.78 is 40.8. The topological polar surface area (TPSA) is 78.5 Å². The summed E-state index contributed by atoms with van der Waals surface area (Å²) in [6, 6.07) is 1.88. The fourth-order valence-electron chi connectivity index (χ4n) is 3.57. The average molecular weight is 426 g/mol. The Labute approximate surface area is 173 Å². The molecule has 6 nitrogen and oxygen atoms in total. The first-order chi connectivity index (χ1) is 13.3. The number of halogens is 1. The normalized spacial score (nSPS) is 20.7. The van der Waals surface area contributed by atoms with Crippen molar-refractivity contribution < 1.29 is 17.6 Å². The zero-order valence-corrected chi connectivity index (χ0v) is 18.9. The fraction of sp³-hybridized carbons (Fsp3) is 0.571. The van der Waals surface area contributed by atoms with E-state index in [-0.39, 0.29) is 23.2 Å². The number of sulfonamides is 1. The first-order valence-electron chi connectivity index (χ1n) is 9.92. The van der Waals surface area contributed by atoms with E-state index in [1.807, 2.05) is 46.4 Å². The van der Waals surface area contributed by atoms with Crippen molar-refractivity contribution in [2.45, 2.75) is 64.8 Å². The molecule has 0 spiro atoms. The molecule has 2 amide bonds. The lowest BCUT2D eigenvalue weighted by Crippen LogP contribution is -2.37. The van der Waals surface area contributed by atoms with Gasteiger partial charge in [0.05, 0.1) is 0 Å². The number of likely N-dealkylation sites (N-methyl/N-ethyl adjacent to an activating group) is 1. The zero-order valence-electron chi connectivity index (χ0n) is 18.0. The van der Waals surface area contributed by atoms with Crippen molar-refractivity contribution >= 4 is 21.7 Å². The van der Waals surface area contributed by atoms with Gasteiger partial charge in [0, 0.05) is 16.6 Å². The maximum Gasteiger partial charge on any atom is 0.333 e. The van der Waals surface area contributed by atoms with Gasteiger partial charge in [0.1, 0.15) is 5.82 Å². The van der Waals surface area contributed by atoms with Gasteiger partial charge in [0.2, 0.25) is 0 Å². The molecule has 0 radical (unpaired) electrons. The van der Waals surface area contributed by atoms with E-state index in [0.717, 1.165) is 24.8 Å². The smallest absolute Gasteiger partial charge is 0.307 e. The predicted molar refractivity (Wildman–Crippen MR) is 115 cm³/mol. The number of carbonyl (C=O) groups excluding carboxylic acids is 1. The van der Waals surface area contributed by atoms with Crippen LogP contribution in [0.15, 0.2) is 23.6 Å². The summed E-state index contributed by atoms with van der Waals surface area (Å²) in [5, 5.41) is 3.68. The number of urea groups is 1. The Morgan fingerprint density at radius 2 is 1.76 bits per heavy atom. The van der Waals surface area contributed by atoms with E-state index < -0.39 is 16.1 Å². The average Bonchev–Trinajstić information content (AvgIpc) is 2.93. The van der Waals surface area contributed by atoms with E-state index in [0.29, 0.717) is 16.8 Å². The van der Waals surface area contributed by atoms with Gasteiger partial charge in [-0.05, 0) is 68.5 Å². The van der Waals surface area contributed by atoms with Crippen LogP contribution in [0, 0.1) is 5.82 Å². The van der Waals surface area contributed by atoms with Gasteiger partial charge in [0.25, 0.3) is 10.0 Å². The molecular formula is C21H32FN3O3S. The van der Waals surface area contributed by atoms with Gasteiger partial charge in [0.15, 0.2) is 0 Å². The molecule has 2 N–H and O–H groups in total. The van der Waals surface area contributed by atoms with Crippen LogP contribution in [-0.4, -0.2) is 38.5 Å².